The van der Waals surface area contributed by atoms with E-state index in [1.807, 2.05) is 23.8 Å². The maximum atomic E-state index is 11.4. The Kier molecular flexibility index (Phi) is 3.86. The second kappa shape index (κ2) is 5.15. The molecule has 2 unspecified atom stereocenters. The van der Waals surface area contributed by atoms with Crippen LogP contribution in [-0.2, 0) is 11.3 Å². The lowest BCUT2D eigenvalue weighted by Crippen LogP contribution is -2.38. The second-order valence-corrected chi connectivity index (χ2v) is 3.52. The molecule has 5 nitrogen and oxygen atoms in total. The molecule has 15 heavy (non-hydrogen) atoms. The van der Waals surface area contributed by atoms with E-state index in [1.54, 1.807) is 19.4 Å². The van der Waals surface area contributed by atoms with Gasteiger partial charge in [0.25, 0.3) is 0 Å². The van der Waals surface area contributed by atoms with Gasteiger partial charge in [-0.25, -0.2) is 4.98 Å². The van der Waals surface area contributed by atoms with Crippen LogP contribution in [0.2, 0.25) is 0 Å². The van der Waals surface area contributed by atoms with Crippen LogP contribution in [0, 0.1) is 17.2 Å². The minimum absolute atomic E-state index is 0.0116. The maximum absolute atomic E-state index is 11.4. The van der Waals surface area contributed by atoms with Crippen molar-refractivity contribution in [2.45, 2.75) is 26.4 Å². The molecule has 0 aromatic carbocycles. The highest BCUT2D eigenvalue weighted by Crippen LogP contribution is 1.96. The van der Waals surface area contributed by atoms with E-state index in [0.29, 0.717) is 6.54 Å². The average molecular weight is 206 g/mol. The number of imidazole rings is 1. The highest BCUT2D eigenvalue weighted by atomic mass is 16.1. The Morgan fingerprint density at radius 1 is 1.67 bits per heavy atom. The fourth-order valence-electron chi connectivity index (χ4n) is 1.18. The van der Waals surface area contributed by atoms with Crippen molar-refractivity contribution in [3.05, 3.63) is 18.7 Å². The third-order valence-electron chi connectivity index (χ3n) is 2.02. The average Bonchev–Trinajstić information content (AvgIpc) is 2.68. The van der Waals surface area contributed by atoms with Crippen molar-refractivity contribution in [1.29, 1.82) is 5.26 Å². The quantitative estimate of drug-likeness (QED) is 0.781. The summed E-state index contributed by atoms with van der Waals surface area (Å²) < 4.78 is 1.88. The van der Waals surface area contributed by atoms with Crippen molar-refractivity contribution in [3.63, 3.8) is 0 Å². The van der Waals surface area contributed by atoms with Gasteiger partial charge in [0.1, 0.15) is 5.92 Å². The summed E-state index contributed by atoms with van der Waals surface area (Å²) >= 11 is 0. The highest BCUT2D eigenvalue weighted by molar-refractivity contribution is 5.80. The first-order chi connectivity index (χ1) is 7.13. The van der Waals surface area contributed by atoms with E-state index >= 15 is 0 Å². The Balaban J connectivity index is 2.40. The molecule has 0 saturated heterocycles. The number of hydrogen-bond donors (Lipinski definition) is 1. The molecule has 5 heteroatoms. The molecule has 0 aliphatic carbocycles. The number of amides is 1. The molecule has 1 rings (SSSR count). The predicted molar refractivity (Wildman–Crippen MR) is 54.6 cm³/mol. The van der Waals surface area contributed by atoms with Gasteiger partial charge in [0.05, 0.1) is 12.4 Å². The number of hydrogen-bond acceptors (Lipinski definition) is 3. The molecule has 1 aromatic heterocycles. The van der Waals surface area contributed by atoms with Gasteiger partial charge in [-0.2, -0.15) is 5.26 Å². The number of nitrogens with one attached hydrogen (secondary N) is 1. The smallest absolute Gasteiger partial charge is 0.237 e. The largest absolute Gasteiger partial charge is 0.351 e. The van der Waals surface area contributed by atoms with Crippen LogP contribution in [0.1, 0.15) is 13.8 Å². The maximum Gasteiger partial charge on any atom is 0.237 e. The molecule has 1 aromatic rings. The second-order valence-electron chi connectivity index (χ2n) is 3.52. The molecule has 1 amide bonds. The fraction of sp³-hybridized carbons (Fsp3) is 0.500. The molecule has 0 saturated carbocycles. The summed E-state index contributed by atoms with van der Waals surface area (Å²) in [5.74, 6) is -0.833. The monoisotopic (exact) mass is 206 g/mol. The van der Waals surface area contributed by atoms with Crippen LogP contribution in [0.25, 0.3) is 0 Å². The molecule has 1 heterocycles. The van der Waals surface area contributed by atoms with Gasteiger partial charge in [-0.3, -0.25) is 4.79 Å². The van der Waals surface area contributed by atoms with Gasteiger partial charge < -0.3 is 9.88 Å². The predicted octanol–water partition coefficient (Wildman–Crippen LogP) is 0.547. The summed E-state index contributed by atoms with van der Waals surface area (Å²) in [6, 6.07) is 1.89. The number of carbonyl (C=O) groups excluding carboxylic acids is 1. The third-order valence-corrected chi connectivity index (χ3v) is 2.02. The summed E-state index contributed by atoms with van der Waals surface area (Å²) in [5.41, 5.74) is 0. The highest BCUT2D eigenvalue weighted by Gasteiger charge is 2.14. The normalized spacial score (nSPS) is 13.9. The molecule has 80 valence electrons. The molecule has 0 bridgehead atoms. The number of rotatable bonds is 4. The van der Waals surface area contributed by atoms with E-state index in [4.69, 9.17) is 5.26 Å². The Bertz CT molecular complexity index is 352. The third kappa shape index (κ3) is 3.43. The Hall–Kier alpha value is -1.83. The Morgan fingerprint density at radius 3 is 2.93 bits per heavy atom. The zero-order valence-corrected chi connectivity index (χ0v) is 8.84. The van der Waals surface area contributed by atoms with Crippen molar-refractivity contribution in [3.8, 4) is 6.07 Å². The minimum Gasteiger partial charge on any atom is -0.351 e. The summed E-state index contributed by atoms with van der Waals surface area (Å²) in [6.07, 6.45) is 5.21. The van der Waals surface area contributed by atoms with E-state index in [1.165, 1.54) is 0 Å². The molecule has 0 aliphatic rings. The van der Waals surface area contributed by atoms with E-state index in [0.717, 1.165) is 0 Å². The van der Waals surface area contributed by atoms with Gasteiger partial charge in [0.2, 0.25) is 5.91 Å². The van der Waals surface area contributed by atoms with Crippen LogP contribution in [0.15, 0.2) is 18.7 Å². The summed E-state index contributed by atoms with van der Waals surface area (Å²) in [6.45, 7) is 4.13. The van der Waals surface area contributed by atoms with Crippen molar-refractivity contribution in [2.75, 3.05) is 0 Å². The van der Waals surface area contributed by atoms with Crippen LogP contribution in [0.3, 0.4) is 0 Å². The first kappa shape index (κ1) is 11.2. The molecular formula is C10H14N4O. The lowest BCUT2D eigenvalue weighted by molar-refractivity contribution is -0.123. The molecule has 0 aliphatic heterocycles. The molecular weight excluding hydrogens is 192 g/mol. The molecule has 0 spiro atoms. The summed E-state index contributed by atoms with van der Waals surface area (Å²) in [4.78, 5) is 15.3. The lowest BCUT2D eigenvalue weighted by atomic mass is 10.2. The van der Waals surface area contributed by atoms with E-state index in [9.17, 15) is 4.79 Å². The van der Waals surface area contributed by atoms with Crippen LogP contribution in [0.4, 0.5) is 0 Å². The van der Waals surface area contributed by atoms with Gasteiger partial charge in [-0.05, 0) is 13.8 Å². The van der Waals surface area contributed by atoms with Gasteiger partial charge in [0.15, 0.2) is 0 Å². The van der Waals surface area contributed by atoms with Gasteiger partial charge >= 0.3 is 0 Å². The zero-order chi connectivity index (χ0) is 11.3. The topological polar surface area (TPSA) is 70.7 Å². The summed E-state index contributed by atoms with van der Waals surface area (Å²) in [7, 11) is 0. The van der Waals surface area contributed by atoms with Crippen molar-refractivity contribution < 1.29 is 4.79 Å². The van der Waals surface area contributed by atoms with Crippen LogP contribution in [0.5, 0.6) is 0 Å². The van der Waals surface area contributed by atoms with Crippen molar-refractivity contribution >= 4 is 5.91 Å². The molecule has 1 N–H and O–H groups in total. The first-order valence-corrected chi connectivity index (χ1v) is 4.79. The fourth-order valence-corrected chi connectivity index (χ4v) is 1.18. The summed E-state index contributed by atoms with van der Waals surface area (Å²) in [5, 5.41) is 11.3. The van der Waals surface area contributed by atoms with Gasteiger partial charge in [-0.1, -0.05) is 0 Å². The first-order valence-electron chi connectivity index (χ1n) is 4.79. The number of aromatic nitrogens is 2. The van der Waals surface area contributed by atoms with Crippen LogP contribution in [-0.4, -0.2) is 21.5 Å². The lowest BCUT2D eigenvalue weighted by Gasteiger charge is -2.14. The molecule has 0 fully saturated rings. The molecule has 0 radical (unpaired) electrons. The number of carbonyl (C=O) groups is 1. The van der Waals surface area contributed by atoms with Crippen molar-refractivity contribution in [2.24, 2.45) is 5.92 Å². The van der Waals surface area contributed by atoms with Crippen LogP contribution < -0.4 is 5.32 Å². The SMILES string of the molecule is CC(Cn1ccnc1)NC(=O)C(C)C#N. The van der Waals surface area contributed by atoms with E-state index in [2.05, 4.69) is 10.3 Å². The minimum atomic E-state index is -0.602. The van der Waals surface area contributed by atoms with Gasteiger partial charge in [0, 0.05) is 25.0 Å². The zero-order valence-electron chi connectivity index (χ0n) is 8.84. The van der Waals surface area contributed by atoms with Gasteiger partial charge in [-0.15, -0.1) is 0 Å². The number of nitrogens with zero attached hydrogens (tertiary/aromatic N) is 3. The Morgan fingerprint density at radius 2 is 2.40 bits per heavy atom. The molecule has 2 atom stereocenters. The van der Waals surface area contributed by atoms with E-state index in [-0.39, 0.29) is 11.9 Å². The Labute approximate surface area is 88.7 Å². The van der Waals surface area contributed by atoms with Crippen molar-refractivity contribution in [1.82, 2.24) is 14.9 Å². The standard InChI is InChI=1S/C10H14N4O/c1-8(5-11)10(15)13-9(2)6-14-4-3-12-7-14/h3-4,7-9H,6H2,1-2H3,(H,13,15). The van der Waals surface area contributed by atoms with E-state index < -0.39 is 5.92 Å². The van der Waals surface area contributed by atoms with Crippen LogP contribution >= 0.6 is 0 Å². The number of nitriles is 1.